The Balaban J connectivity index is 1.71. The van der Waals surface area contributed by atoms with Crippen molar-refractivity contribution in [2.75, 3.05) is 40.9 Å². The Morgan fingerprint density at radius 2 is 1.97 bits per heavy atom. The maximum Gasteiger partial charge on any atom is 0.337 e. The summed E-state index contributed by atoms with van der Waals surface area (Å²) in [5, 5.41) is 4.52. The first-order valence-corrected chi connectivity index (χ1v) is 13.4. The van der Waals surface area contributed by atoms with Crippen molar-refractivity contribution in [3.8, 4) is 17.0 Å². The van der Waals surface area contributed by atoms with E-state index in [1.165, 1.54) is 55.9 Å². The summed E-state index contributed by atoms with van der Waals surface area (Å²) in [6, 6.07) is 14.8. The molecule has 2 aliphatic rings. The van der Waals surface area contributed by atoms with Crippen LogP contribution in [0.5, 0.6) is 5.75 Å². The first-order valence-electron chi connectivity index (χ1n) is 13.4. The minimum atomic E-state index is -0.290. The van der Waals surface area contributed by atoms with Crippen LogP contribution >= 0.6 is 0 Å². The molecular formula is C30H39N3O3. The highest BCUT2D eigenvalue weighted by Crippen LogP contribution is 2.47. The molecule has 1 N–H and O–H groups in total. The van der Waals surface area contributed by atoms with Gasteiger partial charge in [-0.15, -0.1) is 0 Å². The zero-order valence-corrected chi connectivity index (χ0v) is 21.9. The number of rotatable bonds is 7. The number of ether oxygens (including phenoxy) is 2. The van der Waals surface area contributed by atoms with Crippen LogP contribution < -0.4 is 10.1 Å². The third-order valence-electron chi connectivity index (χ3n) is 8.07. The lowest BCUT2D eigenvalue weighted by molar-refractivity contribution is 0.0601. The van der Waals surface area contributed by atoms with E-state index in [1.807, 2.05) is 19.2 Å². The predicted molar refractivity (Wildman–Crippen MR) is 145 cm³/mol. The monoisotopic (exact) mass is 489 g/mol. The molecule has 1 fully saturated rings. The number of hydrogen-bond acceptors (Lipinski definition) is 5. The van der Waals surface area contributed by atoms with Crippen LogP contribution in [0.3, 0.4) is 0 Å². The minimum Gasteiger partial charge on any atom is -0.491 e. The highest BCUT2D eigenvalue weighted by molar-refractivity contribution is 5.99. The molecule has 0 spiro atoms. The van der Waals surface area contributed by atoms with E-state index in [9.17, 15) is 4.79 Å². The number of carbonyl (C=O) groups is 1. The summed E-state index contributed by atoms with van der Waals surface area (Å²) in [5.74, 6) is 1.17. The molecule has 36 heavy (non-hydrogen) atoms. The summed E-state index contributed by atoms with van der Waals surface area (Å²) in [7, 11) is 5.65. The summed E-state index contributed by atoms with van der Waals surface area (Å²) in [6.07, 6.45) is 7.36. The fraction of sp³-hybridized carbons (Fsp3) is 0.500. The van der Waals surface area contributed by atoms with Crippen molar-refractivity contribution in [2.24, 2.45) is 0 Å². The first kappa shape index (κ1) is 24.8. The summed E-state index contributed by atoms with van der Waals surface area (Å²) in [5.41, 5.74) is 5.58. The quantitative estimate of drug-likeness (QED) is 0.354. The van der Waals surface area contributed by atoms with Gasteiger partial charge in [0.25, 0.3) is 0 Å². The molecule has 0 unspecified atom stereocenters. The van der Waals surface area contributed by atoms with Crippen molar-refractivity contribution < 1.29 is 14.3 Å². The van der Waals surface area contributed by atoms with Crippen LogP contribution in [0.2, 0.25) is 0 Å². The lowest BCUT2D eigenvalue weighted by Gasteiger charge is -2.32. The standard InChI is InChI=1S/C30H39N3O3/c1-31-16-9-17-32(2)23-19-33-26-18-22(30(34)35-3)14-15-24(26)28(21-10-5-4-6-11-21)29(33)25-12-7-8-13-27(25)36-20-23/h7-8,12-15,18,21,23,31H,4-6,9-11,16-17,19-20H2,1-3H3/t23-/m1/s1. The first-order chi connectivity index (χ1) is 17.6. The van der Waals surface area contributed by atoms with Crippen LogP contribution in [0.4, 0.5) is 0 Å². The SMILES string of the molecule is CNCCCN(C)[C@H]1COc2ccccc2-c2c(C3CCCCC3)c3ccc(C(=O)OC)cc3n2C1. The van der Waals surface area contributed by atoms with E-state index in [0.717, 1.165) is 42.9 Å². The molecule has 3 aromatic rings. The molecule has 0 saturated heterocycles. The third-order valence-corrected chi connectivity index (χ3v) is 8.07. The Kier molecular flexibility index (Phi) is 7.63. The third kappa shape index (κ3) is 4.76. The largest absolute Gasteiger partial charge is 0.491 e. The predicted octanol–water partition coefficient (Wildman–Crippen LogP) is 5.44. The second-order valence-electron chi connectivity index (χ2n) is 10.3. The van der Waals surface area contributed by atoms with Crippen molar-refractivity contribution >= 4 is 16.9 Å². The van der Waals surface area contributed by atoms with E-state index in [0.29, 0.717) is 18.1 Å². The number of nitrogens with zero attached hydrogens (tertiary/aromatic N) is 2. The summed E-state index contributed by atoms with van der Waals surface area (Å²) in [6.45, 7) is 3.43. The van der Waals surface area contributed by atoms with Crippen LogP contribution in [-0.4, -0.2) is 62.4 Å². The topological polar surface area (TPSA) is 55.7 Å². The van der Waals surface area contributed by atoms with Crippen LogP contribution in [0, 0.1) is 0 Å². The summed E-state index contributed by atoms with van der Waals surface area (Å²) in [4.78, 5) is 14.9. The Morgan fingerprint density at radius 1 is 1.17 bits per heavy atom. The van der Waals surface area contributed by atoms with Crippen molar-refractivity contribution in [1.29, 1.82) is 0 Å². The van der Waals surface area contributed by atoms with Crippen LogP contribution in [0.1, 0.15) is 60.4 Å². The number of likely N-dealkylation sites (N-methyl/N-ethyl adjacent to an activating group) is 1. The Morgan fingerprint density at radius 3 is 2.75 bits per heavy atom. The van der Waals surface area contributed by atoms with E-state index in [-0.39, 0.29) is 12.0 Å². The molecule has 0 bridgehead atoms. The van der Waals surface area contributed by atoms with E-state index in [2.05, 4.69) is 52.2 Å². The van der Waals surface area contributed by atoms with Gasteiger partial charge in [0, 0.05) is 23.0 Å². The van der Waals surface area contributed by atoms with Gasteiger partial charge >= 0.3 is 5.97 Å². The van der Waals surface area contributed by atoms with Crippen LogP contribution in [-0.2, 0) is 11.3 Å². The summed E-state index contributed by atoms with van der Waals surface area (Å²) < 4.78 is 14.1. The smallest absolute Gasteiger partial charge is 0.337 e. The van der Waals surface area contributed by atoms with Gasteiger partial charge in [-0.3, -0.25) is 4.90 Å². The average Bonchev–Trinajstić information content (AvgIpc) is 3.22. The zero-order valence-electron chi connectivity index (χ0n) is 21.9. The molecule has 2 aromatic carbocycles. The number of esters is 1. The number of methoxy groups -OCH3 is 1. The Bertz CT molecular complexity index is 1210. The van der Waals surface area contributed by atoms with Crippen LogP contribution in [0.15, 0.2) is 42.5 Å². The number of para-hydroxylation sites is 1. The molecule has 1 aliphatic heterocycles. The average molecular weight is 490 g/mol. The maximum absolute atomic E-state index is 12.5. The van der Waals surface area contributed by atoms with E-state index in [4.69, 9.17) is 9.47 Å². The Hall–Kier alpha value is -2.83. The highest BCUT2D eigenvalue weighted by Gasteiger charge is 2.31. The maximum atomic E-state index is 12.5. The molecule has 1 aromatic heterocycles. The van der Waals surface area contributed by atoms with E-state index < -0.39 is 0 Å². The lowest BCUT2D eigenvalue weighted by atomic mass is 9.81. The van der Waals surface area contributed by atoms with Gasteiger partial charge in [0.1, 0.15) is 12.4 Å². The van der Waals surface area contributed by atoms with E-state index in [1.54, 1.807) is 0 Å². The molecule has 2 heterocycles. The molecule has 0 radical (unpaired) electrons. The second-order valence-corrected chi connectivity index (χ2v) is 10.3. The molecule has 1 atom stereocenters. The van der Waals surface area contributed by atoms with Crippen molar-refractivity contribution in [3.63, 3.8) is 0 Å². The molecule has 1 aliphatic carbocycles. The van der Waals surface area contributed by atoms with Gasteiger partial charge in [-0.25, -0.2) is 4.79 Å². The zero-order chi connectivity index (χ0) is 25.1. The van der Waals surface area contributed by atoms with Gasteiger partial charge in [-0.1, -0.05) is 37.5 Å². The van der Waals surface area contributed by atoms with Crippen molar-refractivity contribution in [2.45, 2.75) is 57.0 Å². The van der Waals surface area contributed by atoms with Gasteiger partial charge in [0.15, 0.2) is 0 Å². The molecule has 6 nitrogen and oxygen atoms in total. The van der Waals surface area contributed by atoms with Gasteiger partial charge < -0.3 is 19.4 Å². The molecule has 1 saturated carbocycles. The molecule has 0 amide bonds. The van der Waals surface area contributed by atoms with Gasteiger partial charge in [0.05, 0.1) is 24.4 Å². The highest BCUT2D eigenvalue weighted by atomic mass is 16.5. The fourth-order valence-electron chi connectivity index (χ4n) is 6.10. The number of benzene rings is 2. The fourth-order valence-corrected chi connectivity index (χ4v) is 6.10. The normalized spacial score (nSPS) is 18.3. The van der Waals surface area contributed by atoms with Gasteiger partial charge in [-0.2, -0.15) is 0 Å². The molecular weight excluding hydrogens is 450 g/mol. The number of aromatic nitrogens is 1. The van der Waals surface area contributed by atoms with Crippen LogP contribution in [0.25, 0.3) is 22.2 Å². The van der Waals surface area contributed by atoms with Gasteiger partial charge in [0.2, 0.25) is 0 Å². The van der Waals surface area contributed by atoms with Gasteiger partial charge in [-0.05, 0) is 82.2 Å². The van der Waals surface area contributed by atoms with E-state index >= 15 is 0 Å². The second kappa shape index (κ2) is 11.1. The Labute approximate surface area is 214 Å². The minimum absolute atomic E-state index is 0.213. The lowest BCUT2D eigenvalue weighted by Crippen LogP contribution is -2.41. The number of fused-ring (bicyclic) bond motifs is 5. The number of hydrogen-bond donors (Lipinski definition) is 1. The number of carbonyl (C=O) groups excluding carboxylic acids is 1. The molecule has 5 rings (SSSR count). The molecule has 192 valence electrons. The molecule has 6 heteroatoms. The van der Waals surface area contributed by atoms with Crippen molar-refractivity contribution in [1.82, 2.24) is 14.8 Å². The number of nitrogens with one attached hydrogen (secondary N) is 1. The van der Waals surface area contributed by atoms with Crippen molar-refractivity contribution in [3.05, 3.63) is 53.6 Å². The summed E-state index contributed by atoms with van der Waals surface area (Å²) >= 11 is 0.